The number of esters is 2. The first-order valence-electron chi connectivity index (χ1n) is 23.8. The highest BCUT2D eigenvalue weighted by molar-refractivity contribution is 14.1. The summed E-state index contributed by atoms with van der Waals surface area (Å²) in [7, 11) is -5.96. The number of ether oxygens (including phenoxy) is 4. The first kappa shape index (κ1) is 59.2. The summed E-state index contributed by atoms with van der Waals surface area (Å²) in [5.41, 5.74) is 0. The van der Waals surface area contributed by atoms with Crippen LogP contribution in [0.1, 0.15) is 141 Å². The molecule has 1 unspecified atom stereocenters. The molecule has 0 aromatic heterocycles. The van der Waals surface area contributed by atoms with Crippen molar-refractivity contribution < 1.29 is 46.2 Å². The Bertz CT molecular complexity index is 1510. The molecule has 2 aliphatic heterocycles. The molecule has 2 aliphatic rings. The first-order chi connectivity index (χ1) is 28.3. The first-order valence-corrected chi connectivity index (χ1v) is 36.7. The van der Waals surface area contributed by atoms with Crippen LogP contribution in [0.2, 0.25) is 72.5 Å². The standard InChI is InChI=1S/C48H95IO10Si4/c1-24-37-38(58-62(20,21)46(8,9)10)30-34(54-42(37)50)26-25-27-36(57-61(18,19)45(5,6)7)32-48(53-15)33-40(59-63(22,23)47(11,12)13)41(43(51)52-14)39(55-48)31-35(28-29-49)56-60(16,17)44(2,3)4/h28-29,34-41H,24-27,30-33H2,1-23H3/b29-28+/t34?,35-,36-,37-,38+,39-,40-,41-,48+/m0/s1. The molecular weight excluding hydrogens is 976 g/mol. The Kier molecular flexibility index (Phi) is 20.8. The minimum Gasteiger partial charge on any atom is -0.469 e. The molecule has 0 aromatic rings. The van der Waals surface area contributed by atoms with Gasteiger partial charge in [-0.05, 0) is 102 Å². The Balaban J connectivity index is 2.66. The third kappa shape index (κ3) is 15.8. The monoisotopic (exact) mass is 1070 g/mol. The number of halogens is 1. The van der Waals surface area contributed by atoms with E-state index in [0.29, 0.717) is 44.9 Å². The largest absolute Gasteiger partial charge is 0.469 e. The number of hydrogen-bond donors (Lipinski definition) is 0. The highest BCUT2D eigenvalue weighted by Gasteiger charge is 2.56. The molecule has 9 atom stereocenters. The van der Waals surface area contributed by atoms with Crippen LogP contribution in [0, 0.1) is 11.8 Å². The van der Waals surface area contributed by atoms with Crippen LogP contribution >= 0.6 is 22.6 Å². The number of cyclic esters (lactones) is 1. The van der Waals surface area contributed by atoms with Crippen LogP contribution in [0.4, 0.5) is 0 Å². The van der Waals surface area contributed by atoms with E-state index in [1.165, 1.54) is 7.11 Å². The minimum absolute atomic E-state index is 0.0234. The maximum Gasteiger partial charge on any atom is 0.313 e. The third-order valence-electron chi connectivity index (χ3n) is 15.9. The van der Waals surface area contributed by atoms with Gasteiger partial charge in [0.05, 0.1) is 43.5 Å². The average Bonchev–Trinajstić information content (AvgIpc) is 3.08. The molecule has 2 rings (SSSR count). The lowest BCUT2D eigenvalue weighted by atomic mass is 9.82. The predicted octanol–water partition coefficient (Wildman–Crippen LogP) is 13.7. The second kappa shape index (κ2) is 22.2. The molecule has 15 heteroatoms. The summed E-state index contributed by atoms with van der Waals surface area (Å²) >= 11 is 2.25. The predicted molar refractivity (Wildman–Crippen MR) is 278 cm³/mol. The quantitative estimate of drug-likeness (QED) is 0.0664. The fourth-order valence-corrected chi connectivity index (χ4v) is 13.5. The molecule has 63 heavy (non-hydrogen) atoms. The lowest BCUT2D eigenvalue weighted by molar-refractivity contribution is -0.308. The second-order valence-corrected chi connectivity index (χ2v) is 44.5. The smallest absolute Gasteiger partial charge is 0.313 e. The Hall–Kier alpha value is 0.0375. The van der Waals surface area contributed by atoms with Crippen LogP contribution in [0.3, 0.4) is 0 Å². The molecule has 2 heterocycles. The summed E-state index contributed by atoms with van der Waals surface area (Å²) in [6, 6.07) is 0. The van der Waals surface area contributed by atoms with Crippen LogP contribution < -0.4 is 0 Å². The summed E-state index contributed by atoms with van der Waals surface area (Å²) in [5.74, 6) is -2.59. The van der Waals surface area contributed by atoms with E-state index in [9.17, 15) is 9.59 Å². The van der Waals surface area contributed by atoms with Gasteiger partial charge in [0.2, 0.25) is 0 Å². The van der Waals surface area contributed by atoms with Crippen molar-refractivity contribution in [1.29, 1.82) is 0 Å². The van der Waals surface area contributed by atoms with E-state index in [1.54, 1.807) is 7.11 Å². The molecule has 0 bridgehead atoms. The highest BCUT2D eigenvalue weighted by Crippen LogP contribution is 2.48. The zero-order valence-electron chi connectivity index (χ0n) is 44.4. The summed E-state index contributed by atoms with van der Waals surface area (Å²) in [4.78, 5) is 27.6. The number of hydrogen-bond acceptors (Lipinski definition) is 10. The fraction of sp³-hybridized carbons (Fsp3) is 0.917. The van der Waals surface area contributed by atoms with E-state index in [-0.39, 0.29) is 62.4 Å². The van der Waals surface area contributed by atoms with Gasteiger partial charge in [0.25, 0.3) is 0 Å². The van der Waals surface area contributed by atoms with Crippen molar-refractivity contribution in [3.05, 3.63) is 10.2 Å². The van der Waals surface area contributed by atoms with Gasteiger partial charge in [0, 0.05) is 32.8 Å². The van der Waals surface area contributed by atoms with Crippen molar-refractivity contribution in [2.75, 3.05) is 14.2 Å². The molecule has 0 N–H and O–H groups in total. The lowest BCUT2D eigenvalue weighted by Gasteiger charge is -2.52. The number of methoxy groups -OCH3 is 2. The molecule has 0 radical (unpaired) electrons. The second-order valence-electron chi connectivity index (χ2n) is 24.8. The van der Waals surface area contributed by atoms with Gasteiger partial charge in [-0.25, -0.2) is 0 Å². The summed E-state index contributed by atoms with van der Waals surface area (Å²) < 4.78 is 56.2. The highest BCUT2D eigenvalue weighted by atomic mass is 127. The molecule has 0 saturated carbocycles. The maximum absolute atomic E-state index is 14.1. The van der Waals surface area contributed by atoms with Gasteiger partial charge in [0.1, 0.15) is 12.0 Å². The molecule has 0 spiro atoms. The molecule has 0 aliphatic carbocycles. The minimum atomic E-state index is -2.44. The molecule has 0 aromatic carbocycles. The van der Waals surface area contributed by atoms with E-state index in [1.807, 2.05) is 4.08 Å². The number of carbonyl (C=O) groups excluding carboxylic acids is 2. The average molecular weight is 1070 g/mol. The lowest BCUT2D eigenvalue weighted by Crippen LogP contribution is -2.60. The van der Waals surface area contributed by atoms with Gasteiger partial charge in [-0.1, -0.05) is 119 Å². The van der Waals surface area contributed by atoms with Gasteiger partial charge in [-0.3, -0.25) is 9.59 Å². The summed E-state index contributed by atoms with van der Waals surface area (Å²) in [5, 5.41) is -0.152. The number of rotatable bonds is 20. The Labute approximate surface area is 404 Å². The van der Waals surface area contributed by atoms with Crippen molar-refractivity contribution in [1.82, 2.24) is 0 Å². The van der Waals surface area contributed by atoms with Gasteiger partial charge >= 0.3 is 11.9 Å². The van der Waals surface area contributed by atoms with Crippen molar-refractivity contribution in [3.8, 4) is 0 Å². The fourth-order valence-electron chi connectivity index (χ4n) is 7.64. The van der Waals surface area contributed by atoms with E-state index in [0.717, 1.165) is 6.42 Å². The Morgan fingerprint density at radius 1 is 0.794 bits per heavy atom. The molecular formula is C48H95IO10Si4. The van der Waals surface area contributed by atoms with Crippen LogP contribution in [0.15, 0.2) is 10.2 Å². The van der Waals surface area contributed by atoms with Gasteiger partial charge in [0.15, 0.2) is 39.1 Å². The molecule has 2 saturated heterocycles. The zero-order valence-corrected chi connectivity index (χ0v) is 50.5. The van der Waals surface area contributed by atoms with Crippen LogP contribution in [-0.4, -0.2) is 102 Å². The van der Waals surface area contributed by atoms with Crippen LogP contribution in [-0.2, 0) is 46.2 Å². The molecule has 370 valence electrons. The van der Waals surface area contributed by atoms with E-state index >= 15 is 0 Å². The van der Waals surface area contributed by atoms with Crippen molar-refractivity contribution in [2.24, 2.45) is 11.8 Å². The van der Waals surface area contributed by atoms with Crippen LogP contribution in [0.5, 0.6) is 0 Å². The van der Waals surface area contributed by atoms with E-state index in [4.69, 9.17) is 36.7 Å². The zero-order chi connectivity index (χ0) is 49.0. The van der Waals surface area contributed by atoms with Gasteiger partial charge in [-0.2, -0.15) is 0 Å². The summed E-state index contributed by atoms with van der Waals surface area (Å²) in [6.45, 7) is 47.0. The maximum atomic E-state index is 14.1. The number of carbonyl (C=O) groups is 2. The normalized spacial score (nSPS) is 27.3. The Morgan fingerprint density at radius 2 is 1.29 bits per heavy atom. The molecule has 2 fully saturated rings. The van der Waals surface area contributed by atoms with Crippen LogP contribution in [0.25, 0.3) is 0 Å². The molecule has 10 nitrogen and oxygen atoms in total. The van der Waals surface area contributed by atoms with Crippen molar-refractivity contribution in [3.63, 3.8) is 0 Å². The van der Waals surface area contributed by atoms with Gasteiger partial charge in [-0.15, -0.1) is 0 Å². The summed E-state index contributed by atoms with van der Waals surface area (Å²) in [6.07, 6.45) is 4.76. The van der Waals surface area contributed by atoms with Gasteiger partial charge < -0.3 is 36.7 Å². The van der Waals surface area contributed by atoms with Crippen molar-refractivity contribution in [2.45, 2.75) is 256 Å². The topological polar surface area (TPSA) is 108 Å². The molecule has 0 amide bonds. The Morgan fingerprint density at radius 3 is 1.73 bits per heavy atom. The third-order valence-corrected chi connectivity index (χ3v) is 34.3. The van der Waals surface area contributed by atoms with Crippen molar-refractivity contribution >= 4 is 67.8 Å². The SMILES string of the molecule is CC[C@@H]1C(=O)OC(CCC[C@@H](C[C@]2(OC)C[C@H](O[Si](C)(C)C(C)(C)C)[C@@H](C(=O)OC)[C@H](C[C@H](/C=C/I)O[Si](C)(C)C(C)(C)C)O2)O[Si](C)(C)C(C)(C)C)C[C@H]1O[Si](C)(C)C(C)(C)C. The van der Waals surface area contributed by atoms with E-state index in [2.05, 4.69) is 171 Å². The van der Waals surface area contributed by atoms with E-state index < -0.39 is 57.2 Å².